The average Bonchev–Trinajstić information content (AvgIpc) is 3.41. The van der Waals surface area contributed by atoms with E-state index in [4.69, 9.17) is 9.84 Å². The molecule has 144 valence electrons. The van der Waals surface area contributed by atoms with Crippen molar-refractivity contribution in [1.82, 2.24) is 14.9 Å². The minimum atomic E-state index is -0.779. The number of nitrogens with zero attached hydrogens (tertiary/aromatic N) is 3. The van der Waals surface area contributed by atoms with Gasteiger partial charge in [-0.2, -0.15) is 0 Å². The Balaban J connectivity index is 1.43. The Morgan fingerprint density at radius 1 is 1.37 bits per heavy atom. The van der Waals surface area contributed by atoms with E-state index in [0.29, 0.717) is 17.1 Å². The number of methoxy groups -OCH3 is 1. The van der Waals surface area contributed by atoms with Crippen LogP contribution in [0.1, 0.15) is 25.7 Å². The van der Waals surface area contributed by atoms with Gasteiger partial charge in [0.2, 0.25) is 0 Å². The smallest absolute Gasteiger partial charge is 0.317 e. The zero-order chi connectivity index (χ0) is 19.0. The van der Waals surface area contributed by atoms with Crippen LogP contribution in [-0.2, 0) is 4.79 Å². The van der Waals surface area contributed by atoms with E-state index in [1.807, 2.05) is 0 Å². The molecule has 2 saturated carbocycles. The highest BCUT2D eigenvalue weighted by Gasteiger charge is 2.37. The van der Waals surface area contributed by atoms with Crippen LogP contribution in [-0.4, -0.2) is 58.2 Å². The van der Waals surface area contributed by atoms with E-state index < -0.39 is 11.8 Å². The van der Waals surface area contributed by atoms with Crippen LogP contribution in [0.25, 0.3) is 10.9 Å². The zero-order valence-corrected chi connectivity index (χ0v) is 15.2. The predicted molar refractivity (Wildman–Crippen MR) is 98.4 cm³/mol. The monoisotopic (exact) mass is 374 g/mol. The van der Waals surface area contributed by atoms with Gasteiger partial charge in [0, 0.05) is 24.0 Å². The number of hydrogen-bond acceptors (Lipinski definition) is 6. The Labute approximate surface area is 156 Å². The summed E-state index contributed by atoms with van der Waals surface area (Å²) in [5.74, 6) is 0.125. The maximum atomic E-state index is 14.4. The maximum Gasteiger partial charge on any atom is 0.317 e. The first-order valence-corrected chi connectivity index (χ1v) is 9.24. The number of benzene rings is 1. The van der Waals surface area contributed by atoms with Crippen molar-refractivity contribution >= 4 is 22.7 Å². The van der Waals surface area contributed by atoms with Gasteiger partial charge in [-0.3, -0.25) is 9.69 Å². The van der Waals surface area contributed by atoms with E-state index >= 15 is 0 Å². The van der Waals surface area contributed by atoms with Gasteiger partial charge in [-0.15, -0.1) is 0 Å². The summed E-state index contributed by atoms with van der Waals surface area (Å²) in [5, 5.41) is 13.1. The van der Waals surface area contributed by atoms with Crippen molar-refractivity contribution in [2.24, 2.45) is 5.92 Å². The molecule has 2 fully saturated rings. The van der Waals surface area contributed by atoms with Crippen molar-refractivity contribution in [2.75, 3.05) is 25.5 Å². The normalized spacial score (nSPS) is 21.9. The summed E-state index contributed by atoms with van der Waals surface area (Å²) >= 11 is 0. The minimum absolute atomic E-state index is 0.0926. The van der Waals surface area contributed by atoms with Gasteiger partial charge in [0.05, 0.1) is 13.7 Å². The first-order chi connectivity index (χ1) is 13.0. The Hall–Kier alpha value is -2.48. The third-order valence-corrected chi connectivity index (χ3v) is 5.43. The Kier molecular flexibility index (Phi) is 4.82. The summed E-state index contributed by atoms with van der Waals surface area (Å²) in [6.45, 7) is 0.959. The number of nitrogens with one attached hydrogen (secondary N) is 1. The van der Waals surface area contributed by atoms with Gasteiger partial charge in [-0.05, 0) is 43.7 Å². The van der Waals surface area contributed by atoms with E-state index in [0.717, 1.165) is 19.4 Å². The molecule has 0 unspecified atom stereocenters. The average molecular weight is 374 g/mol. The highest BCUT2D eigenvalue weighted by molar-refractivity contribution is 5.90. The molecule has 2 aromatic rings. The van der Waals surface area contributed by atoms with E-state index in [1.54, 1.807) is 12.1 Å². The number of halogens is 1. The van der Waals surface area contributed by atoms with Gasteiger partial charge in [0.1, 0.15) is 17.7 Å². The molecule has 8 heteroatoms. The zero-order valence-electron chi connectivity index (χ0n) is 15.2. The van der Waals surface area contributed by atoms with Crippen LogP contribution in [0.3, 0.4) is 0 Å². The lowest BCUT2D eigenvalue weighted by Crippen LogP contribution is -2.52. The summed E-state index contributed by atoms with van der Waals surface area (Å²) in [6.07, 6.45) is 5.44. The minimum Gasteiger partial charge on any atom is -0.494 e. The standard InChI is InChI=1S/C19H23FN4O3/c1-27-15-5-4-14-18(17(15)20)21-10-22-19(14)23-12-6-13(7-12)24(9-16(25)26)8-11-2-3-11/h4-5,10-13H,2-3,6-9H2,1H3,(H,25,26)(H,21,22,23). The molecule has 1 aromatic heterocycles. The second kappa shape index (κ2) is 7.26. The predicted octanol–water partition coefficient (Wildman–Crippen LogP) is 2.52. The maximum absolute atomic E-state index is 14.4. The molecule has 0 radical (unpaired) electrons. The molecule has 0 saturated heterocycles. The third-order valence-electron chi connectivity index (χ3n) is 5.43. The Morgan fingerprint density at radius 3 is 2.81 bits per heavy atom. The third kappa shape index (κ3) is 3.80. The van der Waals surface area contributed by atoms with Crippen molar-refractivity contribution in [1.29, 1.82) is 0 Å². The lowest BCUT2D eigenvalue weighted by molar-refractivity contribution is -0.139. The molecule has 2 N–H and O–H groups in total. The van der Waals surface area contributed by atoms with Crippen LogP contribution >= 0.6 is 0 Å². The van der Waals surface area contributed by atoms with E-state index in [1.165, 1.54) is 26.3 Å². The topological polar surface area (TPSA) is 87.6 Å². The van der Waals surface area contributed by atoms with Gasteiger partial charge in [0.25, 0.3) is 0 Å². The second-order valence-corrected chi connectivity index (χ2v) is 7.43. The van der Waals surface area contributed by atoms with E-state index in [-0.39, 0.29) is 29.9 Å². The fourth-order valence-electron chi connectivity index (χ4n) is 3.70. The molecule has 0 amide bonds. The Morgan fingerprint density at radius 2 is 2.15 bits per heavy atom. The van der Waals surface area contributed by atoms with Crippen molar-refractivity contribution < 1.29 is 19.0 Å². The molecule has 0 aliphatic heterocycles. The number of hydrogen-bond donors (Lipinski definition) is 2. The van der Waals surface area contributed by atoms with Crippen LogP contribution in [0.4, 0.5) is 10.2 Å². The lowest BCUT2D eigenvalue weighted by atomic mass is 9.85. The largest absolute Gasteiger partial charge is 0.494 e. The fourth-order valence-corrected chi connectivity index (χ4v) is 3.70. The van der Waals surface area contributed by atoms with E-state index in [9.17, 15) is 9.18 Å². The number of fused-ring (bicyclic) bond motifs is 1. The van der Waals surface area contributed by atoms with Gasteiger partial charge < -0.3 is 15.2 Å². The molecule has 2 aliphatic rings. The molecule has 0 bridgehead atoms. The van der Waals surface area contributed by atoms with Gasteiger partial charge in [-0.25, -0.2) is 14.4 Å². The first-order valence-electron chi connectivity index (χ1n) is 9.24. The molecule has 0 spiro atoms. The van der Waals surface area contributed by atoms with Crippen LogP contribution in [0, 0.1) is 11.7 Å². The second-order valence-electron chi connectivity index (χ2n) is 7.43. The van der Waals surface area contributed by atoms with Crippen molar-refractivity contribution in [2.45, 2.75) is 37.8 Å². The number of aliphatic carboxylic acids is 1. The number of ether oxygens (including phenoxy) is 1. The molecule has 1 aromatic carbocycles. The quantitative estimate of drug-likeness (QED) is 0.734. The summed E-state index contributed by atoms with van der Waals surface area (Å²) in [7, 11) is 1.42. The number of carboxylic acid groups (broad SMARTS) is 1. The number of rotatable bonds is 8. The van der Waals surface area contributed by atoms with Gasteiger partial charge in [0.15, 0.2) is 11.6 Å². The van der Waals surface area contributed by atoms with Gasteiger partial charge >= 0.3 is 5.97 Å². The summed E-state index contributed by atoms with van der Waals surface area (Å²) in [6, 6.07) is 3.78. The van der Waals surface area contributed by atoms with Gasteiger partial charge in [-0.1, -0.05) is 0 Å². The highest BCUT2D eigenvalue weighted by Crippen LogP contribution is 2.35. The summed E-state index contributed by atoms with van der Waals surface area (Å²) in [4.78, 5) is 21.5. The van der Waals surface area contributed by atoms with Crippen LogP contribution in [0.15, 0.2) is 18.5 Å². The number of carboxylic acids is 1. The highest BCUT2D eigenvalue weighted by atomic mass is 19.1. The van der Waals surface area contributed by atoms with Crippen molar-refractivity contribution in [3.05, 3.63) is 24.3 Å². The van der Waals surface area contributed by atoms with E-state index in [2.05, 4.69) is 20.2 Å². The molecule has 0 atom stereocenters. The van der Waals surface area contributed by atoms with Crippen LogP contribution < -0.4 is 10.1 Å². The lowest BCUT2D eigenvalue weighted by Gasteiger charge is -2.43. The molecule has 2 aliphatic carbocycles. The molecule has 1 heterocycles. The van der Waals surface area contributed by atoms with Crippen LogP contribution in [0.2, 0.25) is 0 Å². The molecular formula is C19H23FN4O3. The fraction of sp³-hybridized carbons (Fsp3) is 0.526. The Bertz CT molecular complexity index is 852. The molecule has 27 heavy (non-hydrogen) atoms. The molecule has 7 nitrogen and oxygen atoms in total. The SMILES string of the molecule is COc1ccc2c(NC3CC(N(CC(=O)O)CC4CC4)C3)ncnc2c1F. The molecule has 4 rings (SSSR count). The number of aromatic nitrogens is 2. The first kappa shape index (κ1) is 17.9. The number of anilines is 1. The number of carbonyl (C=O) groups is 1. The van der Waals surface area contributed by atoms with Crippen molar-refractivity contribution in [3.8, 4) is 5.75 Å². The summed E-state index contributed by atoms with van der Waals surface area (Å²) < 4.78 is 19.4. The summed E-state index contributed by atoms with van der Waals surface area (Å²) in [5.41, 5.74) is 0.226. The molecular weight excluding hydrogens is 351 g/mol. The van der Waals surface area contributed by atoms with Crippen molar-refractivity contribution in [3.63, 3.8) is 0 Å². The van der Waals surface area contributed by atoms with Crippen LogP contribution in [0.5, 0.6) is 5.75 Å².